The number of hydrogen-bond donors (Lipinski definition) is 14. The van der Waals surface area contributed by atoms with Crippen molar-refractivity contribution in [3.8, 4) is 17.2 Å². The first-order chi connectivity index (χ1) is 52.2. The number of Topliss-reactive ketones (excluding diaryl/α,β-unsaturated/α-hetero) is 1. The summed E-state index contributed by atoms with van der Waals surface area (Å²) in [5.41, 5.74) is -3.13. The lowest BCUT2D eigenvalue weighted by Gasteiger charge is -2.44. The van der Waals surface area contributed by atoms with Crippen LogP contribution in [-0.2, 0) is 59.1 Å². The molecule has 0 aromatic heterocycles. The Labute approximate surface area is 639 Å². The van der Waals surface area contributed by atoms with Gasteiger partial charge in [0, 0.05) is 66.4 Å². The predicted molar refractivity (Wildman–Crippen MR) is 401 cm³/mol. The van der Waals surface area contributed by atoms with Gasteiger partial charge in [0.2, 0.25) is 41.2 Å². The van der Waals surface area contributed by atoms with Crippen LogP contribution in [0.25, 0.3) is 0 Å². The van der Waals surface area contributed by atoms with Gasteiger partial charge in [0.05, 0.1) is 86.9 Å². The number of ether oxygens (including phenoxy) is 3. The molecule has 596 valence electrons. The highest BCUT2D eigenvalue weighted by Crippen LogP contribution is 2.53. The minimum absolute atomic E-state index is 0.000418. The zero-order valence-electron chi connectivity index (χ0n) is 63.9. The van der Waals surface area contributed by atoms with Crippen molar-refractivity contribution < 1.29 is 103 Å². The van der Waals surface area contributed by atoms with Crippen LogP contribution in [0.5, 0.6) is 17.2 Å². The van der Waals surface area contributed by atoms with E-state index in [0.717, 1.165) is 11.1 Å². The summed E-state index contributed by atoms with van der Waals surface area (Å²) in [4.78, 5) is 149. The van der Waals surface area contributed by atoms with E-state index in [2.05, 4.69) is 37.2 Å². The van der Waals surface area contributed by atoms with E-state index in [9.17, 15) is 78.9 Å². The average molecular weight is 1530 g/mol. The van der Waals surface area contributed by atoms with E-state index in [1.54, 1.807) is 49.2 Å². The Morgan fingerprint density at radius 3 is 1.81 bits per heavy atom. The number of carbonyl (C=O) groups is 10. The number of ketones is 3. The minimum atomic E-state index is -2.47. The van der Waals surface area contributed by atoms with Gasteiger partial charge in [-0.1, -0.05) is 138 Å². The fraction of sp³-hybridized carbons (Fsp3) is 0.506. The summed E-state index contributed by atoms with van der Waals surface area (Å²) in [5.74, 6) is -12.0. The molecular weight excluding hydrogens is 1420 g/mol. The molecule has 110 heavy (non-hydrogen) atoms. The molecule has 29 nitrogen and oxygen atoms in total. The number of amides is 7. The van der Waals surface area contributed by atoms with Crippen LogP contribution in [0.3, 0.4) is 0 Å². The van der Waals surface area contributed by atoms with Crippen LogP contribution in [0, 0.1) is 23.7 Å². The van der Waals surface area contributed by atoms with E-state index < -0.39 is 205 Å². The van der Waals surface area contributed by atoms with Crippen LogP contribution in [0.1, 0.15) is 191 Å². The molecule has 13 atom stereocenters. The van der Waals surface area contributed by atoms with Crippen molar-refractivity contribution in [1.29, 1.82) is 0 Å². The van der Waals surface area contributed by atoms with Crippen molar-refractivity contribution in [3.05, 3.63) is 159 Å². The van der Waals surface area contributed by atoms with Crippen molar-refractivity contribution in [3.63, 3.8) is 0 Å². The number of methoxy groups -OCH3 is 1. The molecule has 5 aromatic carbocycles. The van der Waals surface area contributed by atoms with E-state index in [0.29, 0.717) is 5.56 Å². The lowest BCUT2D eigenvalue weighted by Crippen LogP contribution is -2.57. The first-order valence-corrected chi connectivity index (χ1v) is 37.3. The van der Waals surface area contributed by atoms with Crippen molar-refractivity contribution in [1.82, 2.24) is 42.3 Å². The number of rotatable bonds is 37. The van der Waals surface area contributed by atoms with Gasteiger partial charge in [-0.15, -0.1) is 0 Å². The average Bonchev–Trinajstić information content (AvgIpc) is 0.709. The van der Waals surface area contributed by atoms with Gasteiger partial charge >= 0.3 is 0 Å². The van der Waals surface area contributed by atoms with E-state index >= 15 is 4.79 Å². The highest BCUT2D eigenvalue weighted by atomic mass is 16.7. The van der Waals surface area contributed by atoms with Gasteiger partial charge < -0.3 is 87.2 Å². The molecule has 0 bridgehead atoms. The Morgan fingerprint density at radius 1 is 0.645 bits per heavy atom. The summed E-state index contributed by atoms with van der Waals surface area (Å²) in [6.07, 6.45) is -9.38. The molecule has 0 spiro atoms. The summed E-state index contributed by atoms with van der Waals surface area (Å²) < 4.78 is 17.7. The van der Waals surface area contributed by atoms with Gasteiger partial charge in [-0.2, -0.15) is 5.06 Å². The van der Waals surface area contributed by atoms with Gasteiger partial charge in [-0.25, -0.2) is 0 Å². The molecule has 5 aromatic rings. The Morgan fingerprint density at radius 2 is 1.22 bits per heavy atom. The largest absolute Gasteiger partial charge is 0.507 e. The molecule has 11 unspecified atom stereocenters. The Bertz CT molecular complexity index is 4060. The fourth-order valence-electron chi connectivity index (χ4n) is 14.6. The standard InChI is InChI=1S/C81H106N8O21/c1-44(2)33-57(78(104)85-42-64(96)87-56-38-65(108-47(6)71(56)97)109-60-40-81(106,61(93)43-92)39-54-67(60)75(101)69-68(73(54)99)72(98)53-27-20-28-58(107-10)66(53)74(69)100)88-62(94)37-55(49-23-16-12-17-24-49)86-63(95)41-84-77(103)52(35-51(76(102)82-29-31-90)34-46(5)48-21-14-11-15-22-48)36-59(79(105)83-30-32-91)110-89(80(7,8)9)70(45(3)4)50-25-18-13-19-26-50/h11-28,44-47,51-52,55-57,59-60,65,70-71,90-92,97,99,101,106H,29-43H2,1-10H3,(H,82,102)(H,83,105)(H,84,103)(H,85,104)(H,86,95)(H,87,96)(H,88,94)/t46?,47?,51?,52?,55?,56?,57?,59?,60-,65?,70?,71?,81-/m0/s1. The maximum Gasteiger partial charge on any atom is 0.251 e. The third-order valence-corrected chi connectivity index (χ3v) is 20.1. The van der Waals surface area contributed by atoms with Gasteiger partial charge in [-0.3, -0.25) is 52.8 Å². The van der Waals surface area contributed by atoms with Gasteiger partial charge in [0.15, 0.2) is 24.0 Å². The number of aliphatic hydroxyl groups excluding tert-OH is 4. The molecule has 14 N–H and O–H groups in total. The van der Waals surface area contributed by atoms with Crippen LogP contribution in [0.15, 0.2) is 109 Å². The molecule has 1 heterocycles. The molecule has 7 amide bonds. The van der Waals surface area contributed by atoms with Crippen molar-refractivity contribution in [2.45, 2.75) is 186 Å². The number of fused-ring (bicyclic) bond motifs is 3. The third-order valence-electron chi connectivity index (χ3n) is 20.1. The summed E-state index contributed by atoms with van der Waals surface area (Å²) in [7, 11) is 1.27. The second-order valence-electron chi connectivity index (χ2n) is 30.2. The van der Waals surface area contributed by atoms with E-state index in [-0.39, 0.29) is 97.6 Å². The molecule has 1 saturated heterocycles. The predicted octanol–water partition coefficient (Wildman–Crippen LogP) is 4.39. The van der Waals surface area contributed by atoms with Gasteiger partial charge in [0.25, 0.3) is 5.91 Å². The van der Waals surface area contributed by atoms with Gasteiger partial charge in [0.1, 0.15) is 41.6 Å². The number of nitrogens with one attached hydrogen (secondary N) is 7. The van der Waals surface area contributed by atoms with E-state index in [4.69, 9.17) is 19.0 Å². The molecular formula is C81H106N8O21. The van der Waals surface area contributed by atoms with E-state index in [1.807, 2.05) is 102 Å². The SMILES string of the molecule is COc1cccc2c1C(=O)c1c(O)c3c(c(O)c1C2=O)C[C@@](O)(C(=O)CO)C[C@@H]3OC1CC(NC(=O)CNC(=O)C(CC(C)C)NC(=O)CC(NC(=O)CNC(=O)C(CC(CC(C)c2ccccc2)C(=O)NCCO)CC(ON(C(c2ccccc2)C(C)C)C(C)(C)C)C(=O)NCCO)c2ccccc2)C(O)C(C)O1. The normalized spacial score (nSPS) is 20.1. The quantitative estimate of drug-likeness (QED) is 0.0190. The molecule has 1 fully saturated rings. The smallest absolute Gasteiger partial charge is 0.251 e. The van der Waals surface area contributed by atoms with Crippen LogP contribution >= 0.6 is 0 Å². The third kappa shape index (κ3) is 21.5. The first kappa shape index (κ1) is 86.0. The number of hydroxylamine groups is 2. The monoisotopic (exact) mass is 1530 g/mol. The molecule has 0 saturated carbocycles. The highest BCUT2D eigenvalue weighted by Gasteiger charge is 2.51. The van der Waals surface area contributed by atoms with Crippen LogP contribution in [0.2, 0.25) is 0 Å². The summed E-state index contributed by atoms with van der Waals surface area (Å²) in [6.45, 7) is 13.3. The Hall–Kier alpha value is -9.56. The number of phenolic OH excluding ortho intramolecular Hbond substituents is 2. The van der Waals surface area contributed by atoms with Crippen LogP contribution < -0.4 is 42.0 Å². The topological polar surface area (TPSA) is 437 Å². The summed E-state index contributed by atoms with van der Waals surface area (Å²) in [6, 6.07) is 27.7. The number of carbonyl (C=O) groups excluding carboxylic acids is 10. The van der Waals surface area contributed by atoms with Crippen LogP contribution in [0.4, 0.5) is 0 Å². The second kappa shape index (κ2) is 38.9. The minimum Gasteiger partial charge on any atom is -0.507 e. The number of aromatic hydroxyl groups is 2. The lowest BCUT2D eigenvalue weighted by molar-refractivity contribution is -0.271. The lowest BCUT2D eigenvalue weighted by atomic mass is 9.72. The molecule has 1 aliphatic heterocycles. The highest BCUT2D eigenvalue weighted by molar-refractivity contribution is 6.31. The number of hydrogen-bond acceptors (Lipinski definition) is 22. The Balaban J connectivity index is 0.965. The summed E-state index contributed by atoms with van der Waals surface area (Å²) in [5, 5.41) is 97.6. The van der Waals surface area contributed by atoms with Crippen molar-refractivity contribution in [2.24, 2.45) is 23.7 Å². The fourth-order valence-corrected chi connectivity index (χ4v) is 14.6. The maximum absolute atomic E-state index is 15.1. The molecule has 3 aliphatic rings. The number of phenols is 2. The zero-order valence-corrected chi connectivity index (χ0v) is 63.9. The molecule has 2 aliphatic carbocycles. The summed E-state index contributed by atoms with van der Waals surface area (Å²) >= 11 is 0. The van der Waals surface area contributed by atoms with Crippen LogP contribution in [-0.4, -0.2) is 200 Å². The van der Waals surface area contributed by atoms with Crippen molar-refractivity contribution in [2.75, 3.05) is 53.1 Å². The number of nitrogens with zero attached hydrogens (tertiary/aromatic N) is 1. The molecule has 8 rings (SSSR count). The van der Waals surface area contributed by atoms with Gasteiger partial charge in [-0.05, 0) is 93.9 Å². The molecule has 29 heteroatoms. The maximum atomic E-state index is 15.1. The van der Waals surface area contributed by atoms with Crippen molar-refractivity contribution >= 4 is 58.7 Å². The number of benzene rings is 5. The second-order valence-corrected chi connectivity index (χ2v) is 30.2. The van der Waals surface area contributed by atoms with E-state index in [1.165, 1.54) is 32.2 Å². The zero-order chi connectivity index (χ0) is 80.5. The Kier molecular flexibility index (Phi) is 30.4. The molecule has 0 radical (unpaired) electrons. The number of aliphatic hydroxyl groups is 5. The first-order valence-electron chi connectivity index (χ1n) is 37.3.